The minimum atomic E-state index is -0.416. The SMILES string of the molecule is COc1cc(-c2cn(C)c(=O)c3cnccc23)cc(F)c1CC1CCN(CC(=O)C2CCN(c3ccc(NC4CCC(=O)NC4=O)cc3)CC2)CC1. The number of rotatable bonds is 10. The van der Waals surface area contributed by atoms with E-state index in [1.807, 2.05) is 30.3 Å². The molecule has 7 rings (SSSR count). The molecule has 0 spiro atoms. The second-order valence-corrected chi connectivity index (χ2v) is 14.4. The maximum absolute atomic E-state index is 15.8. The van der Waals surface area contributed by atoms with Crippen molar-refractivity contribution in [2.45, 2.75) is 51.0 Å². The number of anilines is 2. The normalized spacial score (nSPS) is 19.1. The van der Waals surface area contributed by atoms with Crippen LogP contribution in [-0.2, 0) is 27.9 Å². The van der Waals surface area contributed by atoms with Crippen molar-refractivity contribution in [1.29, 1.82) is 0 Å². The molecule has 272 valence electrons. The number of hydrogen-bond acceptors (Lipinski definition) is 9. The number of imide groups is 1. The third-order valence-corrected chi connectivity index (χ3v) is 11.0. The van der Waals surface area contributed by atoms with Gasteiger partial charge in [0, 0.05) is 73.6 Å². The van der Waals surface area contributed by atoms with Gasteiger partial charge in [0.05, 0.1) is 19.0 Å². The number of carbonyl (C=O) groups is 3. The van der Waals surface area contributed by atoms with Crippen LogP contribution in [0.1, 0.15) is 44.1 Å². The first-order valence-electron chi connectivity index (χ1n) is 18.2. The third kappa shape index (κ3) is 7.57. The van der Waals surface area contributed by atoms with Crippen LogP contribution in [0.4, 0.5) is 15.8 Å². The average molecular weight is 709 g/mol. The molecule has 3 aliphatic rings. The fraction of sp³-hybridized carbons (Fsp3) is 0.425. The average Bonchev–Trinajstić information content (AvgIpc) is 3.16. The Hall–Kier alpha value is -5.10. The van der Waals surface area contributed by atoms with E-state index in [1.54, 1.807) is 38.8 Å². The molecule has 12 heteroatoms. The van der Waals surface area contributed by atoms with Crippen molar-refractivity contribution >= 4 is 39.7 Å². The van der Waals surface area contributed by atoms with Crippen LogP contribution in [0.15, 0.2) is 65.8 Å². The third-order valence-electron chi connectivity index (χ3n) is 11.0. The van der Waals surface area contributed by atoms with E-state index in [1.165, 1.54) is 10.6 Å². The molecule has 0 radical (unpaired) electrons. The Balaban J connectivity index is 0.893. The molecular weight excluding hydrogens is 663 g/mol. The molecule has 0 aliphatic carbocycles. The van der Waals surface area contributed by atoms with Crippen LogP contribution in [-0.4, -0.2) is 77.9 Å². The summed E-state index contributed by atoms with van der Waals surface area (Å²) in [7, 11) is 3.24. The van der Waals surface area contributed by atoms with Gasteiger partial charge in [-0.15, -0.1) is 0 Å². The van der Waals surface area contributed by atoms with Gasteiger partial charge in [-0.05, 0) is 111 Å². The van der Waals surface area contributed by atoms with Crippen LogP contribution in [0.25, 0.3) is 21.9 Å². The van der Waals surface area contributed by atoms with Crippen LogP contribution in [0.5, 0.6) is 5.75 Å². The Labute approximate surface area is 302 Å². The Morgan fingerprint density at radius 3 is 2.44 bits per heavy atom. The fourth-order valence-corrected chi connectivity index (χ4v) is 7.94. The summed E-state index contributed by atoms with van der Waals surface area (Å²) in [6.45, 7) is 3.66. The van der Waals surface area contributed by atoms with E-state index in [2.05, 4.69) is 25.4 Å². The van der Waals surface area contributed by atoms with E-state index in [9.17, 15) is 19.2 Å². The summed E-state index contributed by atoms with van der Waals surface area (Å²) in [4.78, 5) is 58.2. The number of Topliss-reactive ketones (excluding diaryl/α,β-unsaturated/α-hetero) is 1. The maximum Gasteiger partial charge on any atom is 0.259 e. The molecule has 4 aromatic rings. The van der Waals surface area contributed by atoms with Gasteiger partial charge in [-0.3, -0.25) is 34.4 Å². The molecule has 1 atom stereocenters. The number of pyridine rings is 2. The number of aromatic nitrogens is 2. The molecule has 11 nitrogen and oxygen atoms in total. The number of ketones is 1. The van der Waals surface area contributed by atoms with Crippen molar-refractivity contribution in [3.8, 4) is 16.9 Å². The second kappa shape index (κ2) is 15.2. The van der Waals surface area contributed by atoms with Gasteiger partial charge < -0.3 is 19.5 Å². The smallest absolute Gasteiger partial charge is 0.259 e. The first-order valence-corrected chi connectivity index (χ1v) is 18.2. The zero-order chi connectivity index (χ0) is 36.4. The highest BCUT2D eigenvalue weighted by Crippen LogP contribution is 2.36. The number of nitrogens with one attached hydrogen (secondary N) is 2. The fourth-order valence-electron chi connectivity index (χ4n) is 7.94. The zero-order valence-corrected chi connectivity index (χ0v) is 29.7. The van der Waals surface area contributed by atoms with Crippen LogP contribution < -0.4 is 25.8 Å². The van der Waals surface area contributed by atoms with Crippen LogP contribution in [0.2, 0.25) is 0 Å². The number of halogens is 1. The molecule has 2 aromatic heterocycles. The number of benzene rings is 2. The van der Waals surface area contributed by atoms with E-state index in [0.29, 0.717) is 59.2 Å². The van der Waals surface area contributed by atoms with Gasteiger partial charge in [0.1, 0.15) is 23.4 Å². The summed E-state index contributed by atoms with van der Waals surface area (Å²) in [5.74, 6) is 0.267. The van der Waals surface area contributed by atoms with E-state index in [-0.39, 0.29) is 35.0 Å². The lowest BCUT2D eigenvalue weighted by atomic mass is 9.87. The lowest BCUT2D eigenvalue weighted by Crippen LogP contribution is -2.47. The Morgan fingerprint density at radius 2 is 1.73 bits per heavy atom. The van der Waals surface area contributed by atoms with Crippen molar-refractivity contribution in [3.63, 3.8) is 0 Å². The summed E-state index contributed by atoms with van der Waals surface area (Å²) in [6, 6.07) is 12.7. The van der Waals surface area contributed by atoms with Gasteiger partial charge in [0.25, 0.3) is 5.56 Å². The Kier molecular flexibility index (Phi) is 10.4. The number of fused-ring (bicyclic) bond motifs is 1. The van der Waals surface area contributed by atoms with Crippen molar-refractivity contribution < 1.29 is 23.5 Å². The highest BCUT2D eigenvalue weighted by Gasteiger charge is 2.30. The number of hydrogen-bond donors (Lipinski definition) is 2. The summed E-state index contributed by atoms with van der Waals surface area (Å²) in [5, 5.41) is 6.78. The van der Waals surface area contributed by atoms with Gasteiger partial charge in [-0.25, -0.2) is 4.39 Å². The predicted octanol–water partition coefficient (Wildman–Crippen LogP) is 4.71. The Bertz CT molecular complexity index is 2030. The zero-order valence-electron chi connectivity index (χ0n) is 29.7. The molecule has 0 saturated carbocycles. The molecule has 3 saturated heterocycles. The summed E-state index contributed by atoms with van der Waals surface area (Å²) in [6.07, 6.45) is 9.65. The number of likely N-dealkylation sites (tertiary alicyclic amines) is 1. The number of methoxy groups -OCH3 is 1. The van der Waals surface area contributed by atoms with Crippen LogP contribution >= 0.6 is 0 Å². The highest BCUT2D eigenvalue weighted by atomic mass is 19.1. The number of piperidine rings is 3. The first kappa shape index (κ1) is 35.3. The number of ether oxygens (including phenoxy) is 1. The molecule has 2 aromatic carbocycles. The molecular formula is C40H45FN6O5. The van der Waals surface area contributed by atoms with E-state index in [0.717, 1.165) is 68.8 Å². The van der Waals surface area contributed by atoms with E-state index in [4.69, 9.17) is 4.74 Å². The van der Waals surface area contributed by atoms with Crippen LogP contribution in [0.3, 0.4) is 0 Å². The van der Waals surface area contributed by atoms with E-state index >= 15 is 4.39 Å². The number of nitrogens with zero attached hydrogens (tertiary/aromatic N) is 4. The van der Waals surface area contributed by atoms with E-state index < -0.39 is 6.04 Å². The summed E-state index contributed by atoms with van der Waals surface area (Å²) in [5.41, 5.74) is 3.70. The predicted molar refractivity (Wildman–Crippen MR) is 198 cm³/mol. The second-order valence-electron chi connectivity index (χ2n) is 14.4. The van der Waals surface area contributed by atoms with Gasteiger partial charge >= 0.3 is 0 Å². The van der Waals surface area contributed by atoms with Gasteiger partial charge in [0.2, 0.25) is 11.8 Å². The maximum atomic E-state index is 15.8. The number of amides is 2. The number of aryl methyl sites for hydroxylation is 1. The monoisotopic (exact) mass is 708 g/mol. The minimum absolute atomic E-state index is 0.0414. The van der Waals surface area contributed by atoms with Gasteiger partial charge in [0.15, 0.2) is 0 Å². The molecule has 1 unspecified atom stereocenters. The van der Waals surface area contributed by atoms with Crippen molar-refractivity contribution in [1.82, 2.24) is 19.8 Å². The summed E-state index contributed by atoms with van der Waals surface area (Å²) < 4.78 is 23.0. The van der Waals surface area contributed by atoms with Crippen molar-refractivity contribution in [2.24, 2.45) is 18.9 Å². The quantitative estimate of drug-likeness (QED) is 0.226. The number of carbonyl (C=O) groups excluding carboxylic acids is 3. The molecule has 3 aliphatic heterocycles. The van der Waals surface area contributed by atoms with Crippen molar-refractivity contribution in [2.75, 3.05) is 50.1 Å². The van der Waals surface area contributed by atoms with Gasteiger partial charge in [-0.2, -0.15) is 0 Å². The molecule has 3 fully saturated rings. The molecule has 2 amide bonds. The molecule has 52 heavy (non-hydrogen) atoms. The topological polar surface area (TPSA) is 126 Å². The van der Waals surface area contributed by atoms with Crippen LogP contribution in [0, 0.1) is 17.7 Å². The lowest BCUT2D eigenvalue weighted by Gasteiger charge is -2.35. The standard InChI is InChI=1S/C40H45FN6O5/c1-45-23-33(30-9-14-42-22-32(30)40(45)51)27-20-34(41)31(37(21-27)52-2)19-25-10-15-46(16-11-25)24-36(48)26-12-17-47(18-13-26)29-5-3-28(4-6-29)43-35-7-8-38(49)44-39(35)50/h3-6,9,14,20-23,25-26,35,43H,7-8,10-13,15-19,24H2,1-2H3,(H,44,49,50). The molecule has 0 bridgehead atoms. The van der Waals surface area contributed by atoms with Crippen molar-refractivity contribution in [3.05, 3.63) is 82.8 Å². The first-order chi connectivity index (χ1) is 25.2. The summed E-state index contributed by atoms with van der Waals surface area (Å²) >= 11 is 0. The Morgan fingerprint density at radius 1 is 0.981 bits per heavy atom. The highest BCUT2D eigenvalue weighted by molar-refractivity contribution is 6.01. The molecule has 5 heterocycles. The largest absolute Gasteiger partial charge is 0.496 e. The minimum Gasteiger partial charge on any atom is -0.496 e. The molecule has 2 N–H and O–H groups in total. The lowest BCUT2D eigenvalue weighted by molar-refractivity contribution is -0.133. The van der Waals surface area contributed by atoms with Gasteiger partial charge in [-0.1, -0.05) is 0 Å².